The second kappa shape index (κ2) is 9.11. The molecule has 0 atom stereocenters. The SMILES string of the molecule is COc1cc(/C=C2\C(=O)NC(=O)N(c3cccc(Cl)c3C)C2=O)cc(Br)c1OC(C)C. The Morgan fingerprint density at radius 3 is 2.55 bits per heavy atom. The van der Waals surface area contributed by atoms with Crippen LogP contribution in [-0.4, -0.2) is 31.1 Å². The monoisotopic (exact) mass is 506 g/mol. The van der Waals surface area contributed by atoms with Crippen molar-refractivity contribution < 1.29 is 23.9 Å². The van der Waals surface area contributed by atoms with Gasteiger partial charge in [-0.1, -0.05) is 17.7 Å². The van der Waals surface area contributed by atoms with Crippen molar-refractivity contribution in [2.45, 2.75) is 26.9 Å². The second-order valence-corrected chi connectivity index (χ2v) is 8.30. The molecule has 1 fully saturated rings. The summed E-state index contributed by atoms with van der Waals surface area (Å²) in [6.45, 7) is 5.46. The van der Waals surface area contributed by atoms with Gasteiger partial charge in [0.1, 0.15) is 5.57 Å². The number of barbiturate groups is 1. The zero-order chi connectivity index (χ0) is 22.9. The molecule has 2 aromatic rings. The number of nitrogens with zero attached hydrogens (tertiary/aromatic N) is 1. The summed E-state index contributed by atoms with van der Waals surface area (Å²) in [5.74, 6) is -0.608. The molecule has 1 N–H and O–H groups in total. The van der Waals surface area contributed by atoms with E-state index >= 15 is 0 Å². The molecule has 0 bridgehead atoms. The summed E-state index contributed by atoms with van der Waals surface area (Å²) in [5.41, 5.74) is 1.15. The Morgan fingerprint density at radius 2 is 1.90 bits per heavy atom. The standard InChI is InChI=1S/C22H20BrClN2O5/c1-11(2)31-19-15(23)9-13(10-18(19)30-4)8-14-20(27)25-22(29)26(21(14)28)17-7-5-6-16(24)12(17)3/h5-11H,1-4H3,(H,25,27,29)/b14-8+. The molecule has 4 amide bonds. The fourth-order valence-electron chi connectivity index (χ4n) is 3.05. The van der Waals surface area contributed by atoms with Gasteiger partial charge in [-0.25, -0.2) is 9.69 Å². The second-order valence-electron chi connectivity index (χ2n) is 7.04. The van der Waals surface area contributed by atoms with Crippen LogP contribution in [0.4, 0.5) is 10.5 Å². The van der Waals surface area contributed by atoms with Crippen molar-refractivity contribution in [1.29, 1.82) is 0 Å². The first kappa shape index (κ1) is 22.8. The topological polar surface area (TPSA) is 84.9 Å². The minimum absolute atomic E-state index is 0.0828. The quantitative estimate of drug-likeness (QED) is 0.461. The number of hydrogen-bond donors (Lipinski definition) is 1. The number of carbonyl (C=O) groups is 3. The number of urea groups is 1. The summed E-state index contributed by atoms with van der Waals surface area (Å²) in [6.07, 6.45) is 1.31. The summed E-state index contributed by atoms with van der Waals surface area (Å²) in [6, 6.07) is 7.36. The minimum Gasteiger partial charge on any atom is -0.493 e. The van der Waals surface area contributed by atoms with Gasteiger partial charge < -0.3 is 9.47 Å². The van der Waals surface area contributed by atoms with Crippen LogP contribution in [0.25, 0.3) is 6.08 Å². The van der Waals surface area contributed by atoms with Crippen molar-refractivity contribution in [2.75, 3.05) is 12.0 Å². The highest BCUT2D eigenvalue weighted by Gasteiger charge is 2.37. The average molecular weight is 508 g/mol. The number of imide groups is 2. The van der Waals surface area contributed by atoms with E-state index in [1.807, 2.05) is 13.8 Å². The van der Waals surface area contributed by atoms with Crippen LogP contribution in [-0.2, 0) is 9.59 Å². The van der Waals surface area contributed by atoms with Gasteiger partial charge in [-0.15, -0.1) is 0 Å². The number of methoxy groups -OCH3 is 1. The van der Waals surface area contributed by atoms with Crippen molar-refractivity contribution in [3.05, 3.63) is 56.5 Å². The van der Waals surface area contributed by atoms with E-state index in [0.29, 0.717) is 37.8 Å². The predicted molar refractivity (Wildman–Crippen MR) is 122 cm³/mol. The molecular formula is C22H20BrClN2O5. The normalized spacial score (nSPS) is 15.5. The fourth-order valence-corrected chi connectivity index (χ4v) is 3.78. The van der Waals surface area contributed by atoms with Gasteiger partial charge in [-0.2, -0.15) is 0 Å². The Bertz CT molecular complexity index is 1110. The number of nitrogens with one attached hydrogen (secondary N) is 1. The highest BCUT2D eigenvalue weighted by molar-refractivity contribution is 9.10. The van der Waals surface area contributed by atoms with Crippen LogP contribution in [0.5, 0.6) is 11.5 Å². The molecule has 1 aliphatic rings. The lowest BCUT2D eigenvalue weighted by atomic mass is 10.1. The lowest BCUT2D eigenvalue weighted by molar-refractivity contribution is -0.122. The highest BCUT2D eigenvalue weighted by atomic mass is 79.9. The molecule has 7 nitrogen and oxygen atoms in total. The Morgan fingerprint density at radius 1 is 1.19 bits per heavy atom. The molecule has 1 heterocycles. The maximum atomic E-state index is 13.1. The van der Waals surface area contributed by atoms with Gasteiger partial charge in [0, 0.05) is 5.02 Å². The van der Waals surface area contributed by atoms with E-state index in [-0.39, 0.29) is 11.7 Å². The third kappa shape index (κ3) is 4.60. The van der Waals surface area contributed by atoms with Gasteiger partial charge in [0.05, 0.1) is 23.4 Å². The van der Waals surface area contributed by atoms with Crippen LogP contribution in [0, 0.1) is 6.92 Å². The summed E-state index contributed by atoms with van der Waals surface area (Å²) < 4.78 is 11.8. The first-order valence-electron chi connectivity index (χ1n) is 9.34. The number of anilines is 1. The number of ether oxygens (including phenoxy) is 2. The van der Waals surface area contributed by atoms with Crippen LogP contribution < -0.4 is 19.7 Å². The molecule has 0 aromatic heterocycles. The number of amides is 4. The summed E-state index contributed by atoms with van der Waals surface area (Å²) in [4.78, 5) is 38.9. The van der Waals surface area contributed by atoms with Crippen molar-refractivity contribution in [3.63, 3.8) is 0 Å². The maximum Gasteiger partial charge on any atom is 0.335 e. The smallest absolute Gasteiger partial charge is 0.335 e. The zero-order valence-corrected chi connectivity index (χ0v) is 19.6. The van der Waals surface area contributed by atoms with E-state index in [9.17, 15) is 14.4 Å². The lowest BCUT2D eigenvalue weighted by Crippen LogP contribution is -2.54. The van der Waals surface area contributed by atoms with E-state index in [1.54, 1.807) is 37.3 Å². The van der Waals surface area contributed by atoms with Crippen LogP contribution >= 0.6 is 27.5 Å². The molecule has 0 saturated carbocycles. The van der Waals surface area contributed by atoms with Gasteiger partial charge >= 0.3 is 6.03 Å². The van der Waals surface area contributed by atoms with E-state index < -0.39 is 17.8 Å². The first-order valence-corrected chi connectivity index (χ1v) is 10.5. The molecule has 3 rings (SSSR count). The van der Waals surface area contributed by atoms with E-state index in [1.165, 1.54) is 13.2 Å². The summed E-state index contributed by atoms with van der Waals surface area (Å²) >= 11 is 9.58. The van der Waals surface area contributed by atoms with E-state index in [0.717, 1.165) is 4.90 Å². The lowest BCUT2D eigenvalue weighted by Gasteiger charge is -2.27. The Hall–Kier alpha value is -2.84. The van der Waals surface area contributed by atoms with Gasteiger partial charge in [0.2, 0.25) is 0 Å². The number of benzene rings is 2. The van der Waals surface area contributed by atoms with Gasteiger partial charge in [0.25, 0.3) is 11.8 Å². The first-order chi connectivity index (χ1) is 14.6. The Balaban J connectivity index is 2.06. The predicted octanol–water partition coefficient (Wildman–Crippen LogP) is 4.87. The Labute approximate surface area is 193 Å². The molecule has 9 heteroatoms. The zero-order valence-electron chi connectivity index (χ0n) is 17.3. The minimum atomic E-state index is -0.836. The van der Waals surface area contributed by atoms with Crippen LogP contribution in [0.3, 0.4) is 0 Å². The maximum absolute atomic E-state index is 13.1. The highest BCUT2D eigenvalue weighted by Crippen LogP contribution is 2.38. The molecule has 0 aliphatic carbocycles. The van der Waals surface area contributed by atoms with Crippen molar-refractivity contribution in [2.24, 2.45) is 0 Å². The number of halogens is 2. The molecule has 31 heavy (non-hydrogen) atoms. The summed E-state index contributed by atoms with van der Waals surface area (Å²) in [7, 11) is 1.49. The fraction of sp³-hybridized carbons (Fsp3) is 0.227. The molecule has 162 valence electrons. The molecule has 0 radical (unpaired) electrons. The molecule has 0 spiro atoms. The average Bonchev–Trinajstić information content (AvgIpc) is 2.69. The Kier molecular flexibility index (Phi) is 6.71. The van der Waals surface area contributed by atoms with Crippen molar-refractivity contribution >= 4 is 57.1 Å². The largest absolute Gasteiger partial charge is 0.493 e. The third-order valence-corrected chi connectivity index (χ3v) is 5.50. The van der Waals surface area contributed by atoms with Gasteiger partial charge in [-0.05, 0) is 78.2 Å². The number of hydrogen-bond acceptors (Lipinski definition) is 5. The van der Waals surface area contributed by atoms with Gasteiger partial charge in [0.15, 0.2) is 11.5 Å². The molecule has 2 aromatic carbocycles. The van der Waals surface area contributed by atoms with E-state index in [2.05, 4.69) is 21.2 Å². The number of carbonyl (C=O) groups excluding carboxylic acids is 3. The van der Waals surface area contributed by atoms with Crippen molar-refractivity contribution in [1.82, 2.24) is 5.32 Å². The summed E-state index contributed by atoms with van der Waals surface area (Å²) in [5, 5.41) is 2.60. The van der Waals surface area contributed by atoms with Crippen LogP contribution in [0.2, 0.25) is 5.02 Å². The van der Waals surface area contributed by atoms with E-state index in [4.69, 9.17) is 21.1 Å². The van der Waals surface area contributed by atoms with Crippen LogP contribution in [0.15, 0.2) is 40.4 Å². The third-order valence-electron chi connectivity index (χ3n) is 4.50. The van der Waals surface area contributed by atoms with Crippen LogP contribution in [0.1, 0.15) is 25.0 Å². The molecule has 1 saturated heterocycles. The van der Waals surface area contributed by atoms with Gasteiger partial charge in [-0.3, -0.25) is 14.9 Å². The molecule has 0 unspecified atom stereocenters. The van der Waals surface area contributed by atoms with Crippen molar-refractivity contribution in [3.8, 4) is 11.5 Å². The molecular weight excluding hydrogens is 488 g/mol. The molecule has 1 aliphatic heterocycles. The number of rotatable bonds is 5.